The monoisotopic (exact) mass is 597 g/mol. The molecule has 14 nitrogen and oxygen atoms in total. The second kappa shape index (κ2) is 28.5. The summed E-state index contributed by atoms with van der Waals surface area (Å²) in [6.45, 7) is 12.3. The Balaban J connectivity index is 3.57. The summed E-state index contributed by atoms with van der Waals surface area (Å²) in [4.78, 5) is 24.6. The van der Waals surface area contributed by atoms with E-state index in [1.807, 2.05) is 0 Å². The average molecular weight is 598 g/mol. The van der Waals surface area contributed by atoms with Crippen LogP contribution in [0.2, 0.25) is 0 Å². The second-order valence-electron chi connectivity index (χ2n) is 9.78. The Bertz CT molecular complexity index is 610. The van der Waals surface area contributed by atoms with E-state index in [0.717, 1.165) is 6.42 Å². The van der Waals surface area contributed by atoms with Gasteiger partial charge >= 0.3 is 6.09 Å². The molecule has 5 N–H and O–H groups in total. The van der Waals surface area contributed by atoms with E-state index in [2.05, 4.69) is 10.6 Å². The third-order valence-corrected chi connectivity index (χ3v) is 4.97. The average Bonchev–Trinajstić information content (AvgIpc) is 2.92. The van der Waals surface area contributed by atoms with Gasteiger partial charge in [-0.25, -0.2) is 4.79 Å². The summed E-state index contributed by atoms with van der Waals surface area (Å²) in [5, 5.41) is 14.0. The Morgan fingerprint density at radius 2 is 1.10 bits per heavy atom. The number of alkyl carbamates (subject to hydrolysis) is 1. The standard InChI is InChI=1S/C27H55N3O11/c1-27(2,3)41-26(33)30-24(6-4-5-7-28)25(32)29-8-10-34-12-14-36-16-18-38-20-22-40-23-21-39-19-17-37-15-13-35-11-9-31/h24,31H,4-23,28H2,1-3H3,(H,29,32)(H,30,33)/t24-/m0/s1. The number of rotatable bonds is 29. The summed E-state index contributed by atoms with van der Waals surface area (Å²) in [7, 11) is 0. The van der Waals surface area contributed by atoms with Gasteiger partial charge in [0.15, 0.2) is 0 Å². The molecule has 244 valence electrons. The predicted molar refractivity (Wildman–Crippen MR) is 152 cm³/mol. The topological polar surface area (TPSA) is 178 Å². The lowest BCUT2D eigenvalue weighted by atomic mass is 10.1. The van der Waals surface area contributed by atoms with Gasteiger partial charge in [-0.15, -0.1) is 0 Å². The maximum atomic E-state index is 12.5. The molecule has 0 aromatic carbocycles. The van der Waals surface area contributed by atoms with Crippen LogP contribution in [0, 0.1) is 0 Å². The minimum absolute atomic E-state index is 0.0148. The van der Waals surface area contributed by atoms with Gasteiger partial charge in [0.05, 0.1) is 99.1 Å². The SMILES string of the molecule is CC(C)(C)OC(=O)N[C@@H](CCCCN)C(=O)NCCOCCOCCOCCOCCOCCOCCOCCO. The summed E-state index contributed by atoms with van der Waals surface area (Å²) < 4.78 is 42.8. The van der Waals surface area contributed by atoms with Gasteiger partial charge in [0.2, 0.25) is 5.91 Å². The van der Waals surface area contributed by atoms with E-state index in [9.17, 15) is 9.59 Å². The number of hydrogen-bond acceptors (Lipinski definition) is 12. The number of unbranched alkanes of at least 4 members (excludes halogenated alkanes) is 1. The van der Waals surface area contributed by atoms with Gasteiger partial charge in [0.1, 0.15) is 11.6 Å². The fraction of sp³-hybridized carbons (Fsp3) is 0.926. The highest BCUT2D eigenvalue weighted by Gasteiger charge is 2.23. The molecule has 0 fully saturated rings. The van der Waals surface area contributed by atoms with Crippen LogP contribution in [-0.2, 0) is 42.7 Å². The van der Waals surface area contributed by atoms with E-state index < -0.39 is 17.7 Å². The Morgan fingerprint density at radius 1 is 0.683 bits per heavy atom. The number of nitrogens with two attached hydrogens (primary N) is 1. The molecule has 0 aromatic heterocycles. The zero-order valence-corrected chi connectivity index (χ0v) is 25.3. The Morgan fingerprint density at radius 3 is 1.49 bits per heavy atom. The molecule has 0 saturated carbocycles. The molecule has 14 heteroatoms. The van der Waals surface area contributed by atoms with Crippen LogP contribution in [0.15, 0.2) is 0 Å². The lowest BCUT2D eigenvalue weighted by Gasteiger charge is -2.23. The summed E-state index contributed by atoms with van der Waals surface area (Å²) in [6, 6.07) is -0.696. The molecule has 41 heavy (non-hydrogen) atoms. The first kappa shape index (κ1) is 39.4. The minimum Gasteiger partial charge on any atom is -0.444 e. The first-order valence-electron chi connectivity index (χ1n) is 14.4. The van der Waals surface area contributed by atoms with E-state index >= 15 is 0 Å². The van der Waals surface area contributed by atoms with Crippen molar-refractivity contribution in [1.82, 2.24) is 10.6 Å². The lowest BCUT2D eigenvalue weighted by Crippen LogP contribution is -2.48. The van der Waals surface area contributed by atoms with Gasteiger partial charge in [0, 0.05) is 6.54 Å². The van der Waals surface area contributed by atoms with Crippen molar-refractivity contribution in [3.63, 3.8) is 0 Å². The van der Waals surface area contributed by atoms with Gasteiger partial charge in [-0.3, -0.25) is 4.79 Å². The highest BCUT2D eigenvalue weighted by molar-refractivity contribution is 5.85. The first-order chi connectivity index (χ1) is 19.8. The maximum absolute atomic E-state index is 12.5. The van der Waals surface area contributed by atoms with Crippen LogP contribution in [0.1, 0.15) is 40.0 Å². The number of aliphatic hydroxyl groups is 1. The van der Waals surface area contributed by atoms with Crippen LogP contribution in [-0.4, -0.2) is 141 Å². The molecule has 2 amide bonds. The molecular formula is C27H55N3O11. The van der Waals surface area contributed by atoms with Crippen molar-refractivity contribution >= 4 is 12.0 Å². The first-order valence-corrected chi connectivity index (χ1v) is 14.4. The van der Waals surface area contributed by atoms with Crippen molar-refractivity contribution < 1.29 is 52.6 Å². The molecule has 0 radical (unpaired) electrons. The number of nitrogens with one attached hydrogen (secondary N) is 2. The van der Waals surface area contributed by atoms with E-state index in [-0.39, 0.29) is 12.5 Å². The molecular weight excluding hydrogens is 542 g/mol. The van der Waals surface area contributed by atoms with Crippen molar-refractivity contribution in [3.05, 3.63) is 0 Å². The summed E-state index contributed by atoms with van der Waals surface area (Å²) in [6.07, 6.45) is 1.32. The van der Waals surface area contributed by atoms with E-state index in [4.69, 9.17) is 48.7 Å². The minimum atomic E-state index is -0.696. The second-order valence-corrected chi connectivity index (χ2v) is 9.78. The van der Waals surface area contributed by atoms with E-state index in [0.29, 0.717) is 118 Å². The van der Waals surface area contributed by atoms with Crippen LogP contribution in [0.5, 0.6) is 0 Å². The van der Waals surface area contributed by atoms with Crippen LogP contribution >= 0.6 is 0 Å². The van der Waals surface area contributed by atoms with Crippen molar-refractivity contribution in [2.24, 2.45) is 5.73 Å². The van der Waals surface area contributed by atoms with Gasteiger partial charge in [-0.05, 0) is 46.6 Å². The largest absolute Gasteiger partial charge is 0.444 e. The number of aliphatic hydroxyl groups excluding tert-OH is 1. The Kier molecular flexibility index (Phi) is 27.4. The molecule has 0 heterocycles. The molecule has 0 aliphatic carbocycles. The van der Waals surface area contributed by atoms with Crippen LogP contribution in [0.3, 0.4) is 0 Å². The summed E-state index contributed by atoms with van der Waals surface area (Å²) in [5.74, 6) is -0.288. The summed E-state index contributed by atoms with van der Waals surface area (Å²) >= 11 is 0. The lowest BCUT2D eigenvalue weighted by molar-refractivity contribution is -0.123. The Labute approximate surface area is 245 Å². The smallest absolute Gasteiger partial charge is 0.408 e. The summed E-state index contributed by atoms with van der Waals surface area (Å²) in [5.41, 5.74) is 4.89. The zero-order valence-electron chi connectivity index (χ0n) is 25.3. The molecule has 1 atom stereocenters. The quantitative estimate of drug-likeness (QED) is 0.0865. The molecule has 0 aliphatic rings. The molecule has 0 rings (SSSR count). The normalized spacial score (nSPS) is 12.3. The highest BCUT2D eigenvalue weighted by atomic mass is 16.6. The number of ether oxygens (including phenoxy) is 8. The van der Waals surface area contributed by atoms with Crippen LogP contribution in [0.4, 0.5) is 4.79 Å². The van der Waals surface area contributed by atoms with Crippen molar-refractivity contribution in [2.75, 3.05) is 112 Å². The molecule has 0 aromatic rings. The van der Waals surface area contributed by atoms with E-state index in [1.165, 1.54) is 0 Å². The highest BCUT2D eigenvalue weighted by Crippen LogP contribution is 2.08. The zero-order chi connectivity index (χ0) is 30.4. The van der Waals surface area contributed by atoms with Crippen LogP contribution < -0.4 is 16.4 Å². The van der Waals surface area contributed by atoms with Crippen LogP contribution in [0.25, 0.3) is 0 Å². The Hall–Kier alpha value is -1.62. The third-order valence-electron chi connectivity index (χ3n) is 4.97. The number of amides is 2. The van der Waals surface area contributed by atoms with Gasteiger partial charge in [-0.1, -0.05) is 0 Å². The van der Waals surface area contributed by atoms with Crippen molar-refractivity contribution in [1.29, 1.82) is 0 Å². The van der Waals surface area contributed by atoms with Gasteiger partial charge < -0.3 is 59.4 Å². The van der Waals surface area contributed by atoms with Gasteiger partial charge in [0.25, 0.3) is 0 Å². The van der Waals surface area contributed by atoms with Crippen molar-refractivity contribution in [2.45, 2.75) is 51.7 Å². The number of carbonyl (C=O) groups excluding carboxylic acids is 2. The predicted octanol–water partition coefficient (Wildman–Crippen LogP) is 0.233. The molecule has 0 bridgehead atoms. The fourth-order valence-electron chi connectivity index (χ4n) is 3.07. The number of carbonyl (C=O) groups is 2. The fourth-order valence-corrected chi connectivity index (χ4v) is 3.07. The van der Waals surface area contributed by atoms with Crippen molar-refractivity contribution in [3.8, 4) is 0 Å². The van der Waals surface area contributed by atoms with Gasteiger partial charge in [-0.2, -0.15) is 0 Å². The maximum Gasteiger partial charge on any atom is 0.408 e. The molecule has 0 aliphatic heterocycles. The third kappa shape index (κ3) is 29.7. The van der Waals surface area contributed by atoms with E-state index in [1.54, 1.807) is 20.8 Å². The molecule has 0 unspecified atom stereocenters. The number of hydrogen-bond donors (Lipinski definition) is 4. The molecule has 0 saturated heterocycles. The molecule has 0 spiro atoms.